The Morgan fingerprint density at radius 1 is 1.10 bits per heavy atom. The lowest BCUT2D eigenvalue weighted by Gasteiger charge is -2.16. The zero-order valence-electron chi connectivity index (χ0n) is 16.5. The van der Waals surface area contributed by atoms with Crippen molar-refractivity contribution in [2.45, 2.75) is 13.3 Å². The van der Waals surface area contributed by atoms with Crippen molar-refractivity contribution in [2.75, 3.05) is 29.3 Å². The van der Waals surface area contributed by atoms with Gasteiger partial charge in [0.05, 0.1) is 12.1 Å². The minimum absolute atomic E-state index is 0.00183. The molecule has 1 aliphatic rings. The Balaban J connectivity index is 1.60. The summed E-state index contributed by atoms with van der Waals surface area (Å²) >= 11 is 0. The molecule has 1 aliphatic heterocycles. The molecular weight excluding hydrogens is 385 g/mol. The standard InChI is InChI=1S/C21H22N5O2P/c1-13-12-22-21(23-15-8-9-16-14(10-15)11-19(27)24-16)26-20(13)25-17-6-4-5-7-18(17)29(2,3)28/h4-10,12H,11H2,1-3H3,(H,24,27)(H2,22,23,25,26). The first-order valence-electron chi connectivity index (χ1n) is 9.24. The molecule has 0 radical (unpaired) electrons. The van der Waals surface area contributed by atoms with E-state index in [-0.39, 0.29) is 5.91 Å². The van der Waals surface area contributed by atoms with Gasteiger partial charge in [-0.15, -0.1) is 0 Å². The monoisotopic (exact) mass is 407 g/mol. The van der Waals surface area contributed by atoms with Crippen molar-refractivity contribution >= 4 is 47.2 Å². The zero-order valence-corrected chi connectivity index (χ0v) is 17.4. The lowest BCUT2D eigenvalue weighted by molar-refractivity contribution is -0.115. The molecule has 8 heteroatoms. The van der Waals surface area contributed by atoms with E-state index < -0.39 is 7.14 Å². The second kappa shape index (κ2) is 7.33. The van der Waals surface area contributed by atoms with Gasteiger partial charge in [-0.3, -0.25) is 4.79 Å². The number of nitrogens with one attached hydrogen (secondary N) is 3. The van der Waals surface area contributed by atoms with E-state index in [2.05, 4.69) is 25.9 Å². The normalized spacial score (nSPS) is 13.0. The third-order valence-corrected chi connectivity index (χ3v) is 6.25. The smallest absolute Gasteiger partial charge is 0.229 e. The number of nitrogens with zero attached hydrogens (tertiary/aromatic N) is 2. The molecule has 29 heavy (non-hydrogen) atoms. The van der Waals surface area contributed by atoms with Crippen LogP contribution in [0.25, 0.3) is 0 Å². The van der Waals surface area contributed by atoms with Crippen LogP contribution in [0.5, 0.6) is 0 Å². The lowest BCUT2D eigenvalue weighted by atomic mass is 10.1. The van der Waals surface area contributed by atoms with Crippen LogP contribution in [-0.2, 0) is 15.8 Å². The molecule has 0 saturated heterocycles. The van der Waals surface area contributed by atoms with E-state index in [1.807, 2.05) is 49.4 Å². The topological polar surface area (TPSA) is 96.0 Å². The summed E-state index contributed by atoms with van der Waals surface area (Å²) in [4.78, 5) is 20.5. The number of rotatable bonds is 5. The largest absolute Gasteiger partial charge is 0.339 e. The molecule has 0 unspecified atom stereocenters. The van der Waals surface area contributed by atoms with Gasteiger partial charge in [-0.05, 0) is 56.1 Å². The van der Waals surface area contributed by atoms with Crippen LogP contribution < -0.4 is 21.3 Å². The summed E-state index contributed by atoms with van der Waals surface area (Å²) in [6.45, 7) is 5.42. The van der Waals surface area contributed by atoms with Gasteiger partial charge in [0.15, 0.2) is 0 Å². The highest BCUT2D eigenvalue weighted by Crippen LogP contribution is 2.38. The van der Waals surface area contributed by atoms with Crippen LogP contribution in [-0.4, -0.2) is 29.2 Å². The Morgan fingerprint density at radius 3 is 2.69 bits per heavy atom. The molecule has 1 aromatic heterocycles. The van der Waals surface area contributed by atoms with Crippen LogP contribution >= 0.6 is 7.14 Å². The third-order valence-electron chi connectivity index (χ3n) is 4.70. The highest BCUT2D eigenvalue weighted by Gasteiger charge is 2.18. The van der Waals surface area contributed by atoms with E-state index in [4.69, 9.17) is 0 Å². The summed E-state index contributed by atoms with van der Waals surface area (Å²) < 4.78 is 12.6. The van der Waals surface area contributed by atoms with E-state index in [0.29, 0.717) is 18.2 Å². The van der Waals surface area contributed by atoms with Gasteiger partial charge in [0.2, 0.25) is 11.9 Å². The average Bonchev–Trinajstić information content (AvgIpc) is 3.03. The maximum atomic E-state index is 12.6. The molecule has 0 bridgehead atoms. The Morgan fingerprint density at radius 2 is 1.90 bits per heavy atom. The molecule has 2 heterocycles. The fourth-order valence-corrected chi connectivity index (χ4v) is 4.40. The number of hydrogen-bond acceptors (Lipinski definition) is 6. The van der Waals surface area contributed by atoms with Crippen molar-refractivity contribution in [1.82, 2.24) is 9.97 Å². The number of benzene rings is 2. The van der Waals surface area contributed by atoms with E-state index in [1.54, 1.807) is 19.5 Å². The first-order valence-corrected chi connectivity index (χ1v) is 11.8. The van der Waals surface area contributed by atoms with Gasteiger partial charge < -0.3 is 20.5 Å². The Hall–Kier alpha value is -3.18. The number of para-hydroxylation sites is 1. The maximum Gasteiger partial charge on any atom is 0.229 e. The predicted octanol–water partition coefficient (Wildman–Crippen LogP) is 4.01. The van der Waals surface area contributed by atoms with Gasteiger partial charge in [0, 0.05) is 28.4 Å². The summed E-state index contributed by atoms with van der Waals surface area (Å²) in [6, 6.07) is 13.2. The predicted molar refractivity (Wildman–Crippen MR) is 118 cm³/mol. The van der Waals surface area contributed by atoms with Crippen molar-refractivity contribution in [3.63, 3.8) is 0 Å². The molecule has 3 N–H and O–H groups in total. The first-order chi connectivity index (χ1) is 13.8. The molecule has 4 rings (SSSR count). The van der Waals surface area contributed by atoms with Crippen molar-refractivity contribution in [3.05, 3.63) is 59.8 Å². The molecule has 3 aromatic rings. The quantitative estimate of drug-likeness (QED) is 0.553. The van der Waals surface area contributed by atoms with Crippen LogP contribution in [0.2, 0.25) is 0 Å². The number of anilines is 5. The van der Waals surface area contributed by atoms with Crippen molar-refractivity contribution < 1.29 is 9.36 Å². The lowest BCUT2D eigenvalue weighted by Crippen LogP contribution is -2.11. The number of carbonyl (C=O) groups excluding carboxylic acids is 1. The molecule has 0 aliphatic carbocycles. The van der Waals surface area contributed by atoms with Crippen LogP contribution in [0.4, 0.5) is 28.8 Å². The van der Waals surface area contributed by atoms with Crippen LogP contribution in [0.15, 0.2) is 48.7 Å². The molecule has 2 aromatic carbocycles. The molecule has 0 fully saturated rings. The maximum absolute atomic E-state index is 12.6. The van der Waals surface area contributed by atoms with Crippen LogP contribution in [0.3, 0.4) is 0 Å². The molecule has 0 spiro atoms. The Kier molecular flexibility index (Phi) is 4.84. The number of aryl methyl sites for hydroxylation is 1. The van der Waals surface area contributed by atoms with Gasteiger partial charge in [0.1, 0.15) is 13.0 Å². The third kappa shape index (κ3) is 4.15. The van der Waals surface area contributed by atoms with Gasteiger partial charge in [0.25, 0.3) is 0 Å². The average molecular weight is 407 g/mol. The highest BCUT2D eigenvalue weighted by molar-refractivity contribution is 7.70. The first kappa shape index (κ1) is 19.2. The van der Waals surface area contributed by atoms with Crippen molar-refractivity contribution in [3.8, 4) is 0 Å². The van der Waals surface area contributed by atoms with Crippen LogP contribution in [0.1, 0.15) is 11.1 Å². The van der Waals surface area contributed by atoms with E-state index in [1.165, 1.54) is 0 Å². The van der Waals surface area contributed by atoms with E-state index >= 15 is 0 Å². The number of amides is 1. The number of hydrogen-bond donors (Lipinski definition) is 3. The Labute approximate surface area is 169 Å². The second-order valence-corrected chi connectivity index (χ2v) is 10.6. The van der Waals surface area contributed by atoms with Crippen molar-refractivity contribution in [2.24, 2.45) is 0 Å². The molecule has 0 atom stereocenters. The van der Waals surface area contributed by atoms with Gasteiger partial charge >= 0.3 is 0 Å². The minimum atomic E-state index is -2.44. The summed E-state index contributed by atoms with van der Waals surface area (Å²) in [6.07, 6.45) is 2.10. The summed E-state index contributed by atoms with van der Waals surface area (Å²) in [5, 5.41) is 10.1. The number of carbonyl (C=O) groups is 1. The number of fused-ring (bicyclic) bond motifs is 1. The van der Waals surface area contributed by atoms with Gasteiger partial charge in [-0.25, -0.2) is 4.98 Å². The zero-order chi connectivity index (χ0) is 20.6. The SMILES string of the molecule is Cc1cnc(Nc2ccc3c(c2)CC(=O)N3)nc1Nc1ccccc1P(C)(C)=O. The second-order valence-electron chi connectivity index (χ2n) is 7.44. The van der Waals surface area contributed by atoms with E-state index in [9.17, 15) is 9.36 Å². The van der Waals surface area contributed by atoms with Gasteiger partial charge in [-0.1, -0.05) is 12.1 Å². The van der Waals surface area contributed by atoms with E-state index in [0.717, 1.165) is 33.5 Å². The fourth-order valence-electron chi connectivity index (χ4n) is 3.24. The summed E-state index contributed by atoms with van der Waals surface area (Å²) in [5.74, 6) is 1.07. The molecular formula is C21H22N5O2P. The fraction of sp³-hybridized carbons (Fsp3) is 0.190. The summed E-state index contributed by atoms with van der Waals surface area (Å²) in [5.41, 5.74) is 4.24. The Bertz CT molecular complexity index is 1160. The molecule has 148 valence electrons. The highest BCUT2D eigenvalue weighted by atomic mass is 31.2. The molecule has 1 amide bonds. The van der Waals surface area contributed by atoms with Crippen LogP contribution in [0, 0.1) is 6.92 Å². The minimum Gasteiger partial charge on any atom is -0.339 e. The number of aromatic nitrogens is 2. The van der Waals surface area contributed by atoms with Crippen molar-refractivity contribution in [1.29, 1.82) is 0 Å². The molecule has 7 nitrogen and oxygen atoms in total. The van der Waals surface area contributed by atoms with Gasteiger partial charge in [-0.2, -0.15) is 4.98 Å². The summed E-state index contributed by atoms with van der Waals surface area (Å²) in [7, 11) is -2.44. The molecule has 0 saturated carbocycles.